The molecule has 1 saturated heterocycles. The normalized spacial score (nSPS) is 17.7. The van der Waals surface area contributed by atoms with E-state index in [0.717, 1.165) is 10.4 Å². The molecule has 1 fully saturated rings. The third-order valence-electron chi connectivity index (χ3n) is 2.82. The molecule has 0 atom stereocenters. The van der Waals surface area contributed by atoms with E-state index in [1.165, 1.54) is 6.07 Å². The summed E-state index contributed by atoms with van der Waals surface area (Å²) >= 11 is 2.93. The number of nitrogens with two attached hydrogens (primary N) is 1. The Balaban J connectivity index is 2.37. The maximum Gasteiger partial charge on any atom is 0.246 e. The minimum absolute atomic E-state index is 0.0142. The summed E-state index contributed by atoms with van der Waals surface area (Å²) < 4.78 is 39.2. The van der Waals surface area contributed by atoms with Crippen molar-refractivity contribution in [1.29, 1.82) is 0 Å². The van der Waals surface area contributed by atoms with E-state index in [4.69, 9.17) is 10.8 Å². The molecule has 18 heavy (non-hydrogen) atoms. The van der Waals surface area contributed by atoms with Gasteiger partial charge in [-0.1, -0.05) is 0 Å². The summed E-state index contributed by atoms with van der Waals surface area (Å²) in [5.74, 6) is -0.927. The molecule has 0 radical (unpaired) electrons. The summed E-state index contributed by atoms with van der Waals surface area (Å²) in [4.78, 5) is -0.439. The summed E-state index contributed by atoms with van der Waals surface area (Å²) in [7, 11) is -3.88. The molecule has 8 heteroatoms. The van der Waals surface area contributed by atoms with E-state index in [2.05, 4.69) is 15.9 Å². The lowest BCUT2D eigenvalue weighted by molar-refractivity contribution is 0.117. The molecule has 0 bridgehead atoms. The minimum Gasteiger partial charge on any atom is -0.399 e. The molecule has 0 aromatic heterocycles. The molecule has 1 aromatic rings. The van der Waals surface area contributed by atoms with E-state index in [-0.39, 0.29) is 35.8 Å². The van der Waals surface area contributed by atoms with Crippen LogP contribution in [-0.4, -0.2) is 37.5 Å². The zero-order valence-electron chi connectivity index (χ0n) is 9.31. The maximum atomic E-state index is 13.8. The predicted molar refractivity (Wildman–Crippen MR) is 67.8 cm³/mol. The smallest absolute Gasteiger partial charge is 0.246 e. The number of aliphatic hydroxyl groups is 1. The molecule has 2 rings (SSSR count). The Labute approximate surface area is 113 Å². The Kier molecular flexibility index (Phi) is 3.63. The maximum absolute atomic E-state index is 13.8. The number of nitrogens with zero attached hydrogens (tertiary/aromatic N) is 1. The zero-order valence-corrected chi connectivity index (χ0v) is 11.7. The monoisotopic (exact) mass is 338 g/mol. The molecular formula is C10H12BrFN2O3S. The van der Waals surface area contributed by atoms with Gasteiger partial charge >= 0.3 is 0 Å². The van der Waals surface area contributed by atoms with Crippen LogP contribution in [0.25, 0.3) is 0 Å². The fourth-order valence-corrected chi connectivity index (χ4v) is 4.07. The van der Waals surface area contributed by atoms with Gasteiger partial charge in [-0.15, -0.1) is 0 Å². The molecule has 0 spiro atoms. The van der Waals surface area contributed by atoms with Crippen molar-refractivity contribution in [2.75, 3.05) is 25.4 Å². The first-order chi connectivity index (χ1) is 8.36. The Morgan fingerprint density at radius 3 is 2.67 bits per heavy atom. The largest absolute Gasteiger partial charge is 0.399 e. The molecule has 1 aromatic carbocycles. The third-order valence-corrected chi connectivity index (χ3v) is 5.22. The van der Waals surface area contributed by atoms with E-state index in [0.29, 0.717) is 0 Å². The van der Waals surface area contributed by atoms with Crippen molar-refractivity contribution in [2.45, 2.75) is 4.90 Å². The number of rotatable bonds is 3. The summed E-state index contributed by atoms with van der Waals surface area (Å²) in [6.45, 7) is 0.324. The summed E-state index contributed by atoms with van der Waals surface area (Å²) in [5, 5.41) is 8.86. The van der Waals surface area contributed by atoms with Gasteiger partial charge in [-0.25, -0.2) is 12.8 Å². The van der Waals surface area contributed by atoms with Crippen molar-refractivity contribution >= 4 is 31.6 Å². The average molecular weight is 339 g/mol. The number of anilines is 1. The van der Waals surface area contributed by atoms with Gasteiger partial charge in [0.05, 0.1) is 4.47 Å². The first-order valence-electron chi connectivity index (χ1n) is 5.21. The second kappa shape index (κ2) is 4.76. The van der Waals surface area contributed by atoms with Crippen molar-refractivity contribution in [3.05, 3.63) is 22.4 Å². The molecule has 1 aliphatic heterocycles. The molecule has 1 heterocycles. The standard InChI is InChI=1S/C10H12BrFN2O3S/c11-8-1-7(13)2-9(10(8)12)18(16,17)14-3-6(4-14)5-15/h1-2,6,15H,3-5,13H2. The van der Waals surface area contributed by atoms with Crippen LogP contribution < -0.4 is 5.73 Å². The van der Waals surface area contributed by atoms with Crippen molar-refractivity contribution in [3.8, 4) is 0 Å². The van der Waals surface area contributed by atoms with E-state index in [1.807, 2.05) is 0 Å². The third kappa shape index (κ3) is 2.25. The first-order valence-corrected chi connectivity index (χ1v) is 7.45. The molecule has 0 unspecified atom stereocenters. The highest BCUT2D eigenvalue weighted by atomic mass is 79.9. The van der Waals surface area contributed by atoms with Gasteiger partial charge in [0.1, 0.15) is 4.90 Å². The number of nitrogen functional groups attached to an aromatic ring is 1. The predicted octanol–water partition coefficient (Wildman–Crippen LogP) is 0.783. The summed E-state index contributed by atoms with van der Waals surface area (Å²) in [5.41, 5.74) is 5.69. The molecule has 0 saturated carbocycles. The molecular weight excluding hydrogens is 327 g/mol. The highest BCUT2D eigenvalue weighted by Crippen LogP contribution is 2.31. The van der Waals surface area contributed by atoms with E-state index < -0.39 is 20.7 Å². The van der Waals surface area contributed by atoms with E-state index in [1.54, 1.807) is 0 Å². The van der Waals surface area contributed by atoms with Crippen LogP contribution in [-0.2, 0) is 10.0 Å². The second-order valence-electron chi connectivity index (χ2n) is 4.19. The highest BCUT2D eigenvalue weighted by molar-refractivity contribution is 9.10. The van der Waals surface area contributed by atoms with Crippen molar-refractivity contribution in [1.82, 2.24) is 4.31 Å². The lowest BCUT2D eigenvalue weighted by atomic mass is 10.1. The van der Waals surface area contributed by atoms with Gasteiger partial charge in [-0.3, -0.25) is 0 Å². The molecule has 5 nitrogen and oxygen atoms in total. The second-order valence-corrected chi connectivity index (χ2v) is 6.95. The van der Waals surface area contributed by atoms with Gasteiger partial charge in [0.2, 0.25) is 10.0 Å². The van der Waals surface area contributed by atoms with E-state index >= 15 is 0 Å². The summed E-state index contributed by atoms with van der Waals surface area (Å²) in [6.07, 6.45) is 0. The molecule has 100 valence electrons. The number of hydrogen-bond acceptors (Lipinski definition) is 4. The van der Waals surface area contributed by atoms with Gasteiger partial charge in [-0.2, -0.15) is 4.31 Å². The number of benzene rings is 1. The van der Waals surface area contributed by atoms with Crippen LogP contribution in [0.1, 0.15) is 0 Å². The Morgan fingerprint density at radius 1 is 1.50 bits per heavy atom. The van der Waals surface area contributed by atoms with Gasteiger partial charge in [0, 0.05) is 31.3 Å². The van der Waals surface area contributed by atoms with Crippen LogP contribution in [0.2, 0.25) is 0 Å². The van der Waals surface area contributed by atoms with Gasteiger partial charge < -0.3 is 10.8 Å². The molecule has 1 aliphatic rings. The number of aliphatic hydroxyl groups excluding tert-OH is 1. The lowest BCUT2D eigenvalue weighted by Crippen LogP contribution is -2.51. The number of halogens is 2. The number of hydrogen-bond donors (Lipinski definition) is 2. The van der Waals surface area contributed by atoms with Gasteiger partial charge in [-0.05, 0) is 28.1 Å². The average Bonchev–Trinajstić information content (AvgIpc) is 2.21. The quantitative estimate of drug-likeness (QED) is 0.798. The van der Waals surface area contributed by atoms with Crippen LogP contribution in [0.15, 0.2) is 21.5 Å². The zero-order chi connectivity index (χ0) is 13.5. The Hall–Kier alpha value is -0.700. The van der Waals surface area contributed by atoms with Crippen molar-refractivity contribution < 1.29 is 17.9 Å². The minimum atomic E-state index is -3.88. The first kappa shape index (κ1) is 13.7. The fraction of sp³-hybridized carbons (Fsp3) is 0.400. The topological polar surface area (TPSA) is 83.6 Å². The van der Waals surface area contributed by atoms with Crippen molar-refractivity contribution in [2.24, 2.45) is 5.92 Å². The Morgan fingerprint density at radius 2 is 2.11 bits per heavy atom. The molecule has 0 amide bonds. The molecule has 0 aliphatic carbocycles. The van der Waals surface area contributed by atoms with Crippen LogP contribution in [0.5, 0.6) is 0 Å². The van der Waals surface area contributed by atoms with Crippen LogP contribution in [0.4, 0.5) is 10.1 Å². The molecule has 3 N–H and O–H groups in total. The lowest BCUT2D eigenvalue weighted by Gasteiger charge is -2.37. The van der Waals surface area contributed by atoms with E-state index in [9.17, 15) is 12.8 Å². The summed E-state index contributed by atoms with van der Waals surface area (Å²) in [6, 6.07) is 2.41. The van der Waals surface area contributed by atoms with Gasteiger partial charge in [0.15, 0.2) is 5.82 Å². The van der Waals surface area contributed by atoms with Crippen molar-refractivity contribution in [3.63, 3.8) is 0 Å². The number of sulfonamides is 1. The fourth-order valence-electron chi connectivity index (χ4n) is 1.74. The highest BCUT2D eigenvalue weighted by Gasteiger charge is 2.38. The SMILES string of the molecule is Nc1cc(Br)c(F)c(S(=O)(=O)N2CC(CO)C2)c1. The van der Waals surface area contributed by atoms with Gasteiger partial charge in [0.25, 0.3) is 0 Å². The van der Waals surface area contributed by atoms with Crippen LogP contribution in [0.3, 0.4) is 0 Å². The van der Waals surface area contributed by atoms with Crippen LogP contribution >= 0.6 is 15.9 Å². The Bertz CT molecular complexity index is 573. The van der Waals surface area contributed by atoms with Crippen LogP contribution in [0, 0.1) is 11.7 Å².